The van der Waals surface area contributed by atoms with E-state index in [2.05, 4.69) is 49.4 Å². The van der Waals surface area contributed by atoms with E-state index < -0.39 is 0 Å². The molecule has 5 heteroatoms. The summed E-state index contributed by atoms with van der Waals surface area (Å²) in [7, 11) is 0. The highest BCUT2D eigenvalue weighted by Gasteiger charge is 2.20. The van der Waals surface area contributed by atoms with Gasteiger partial charge >= 0.3 is 0 Å². The Morgan fingerprint density at radius 3 is 2.84 bits per heavy atom. The molecule has 1 amide bonds. The number of rotatable bonds is 3. The lowest BCUT2D eigenvalue weighted by atomic mass is 10.00. The summed E-state index contributed by atoms with van der Waals surface area (Å²) < 4.78 is 17.5. The van der Waals surface area contributed by atoms with E-state index >= 15 is 0 Å². The number of hydrogen-bond acceptors (Lipinski definition) is 4. The summed E-state index contributed by atoms with van der Waals surface area (Å²) in [4.78, 5) is 14.9. The van der Waals surface area contributed by atoms with Crippen molar-refractivity contribution in [2.24, 2.45) is 0 Å². The molecule has 0 radical (unpaired) electrons. The van der Waals surface area contributed by atoms with Crippen LogP contribution in [0.25, 0.3) is 0 Å². The van der Waals surface area contributed by atoms with Crippen LogP contribution >= 0.6 is 0 Å². The van der Waals surface area contributed by atoms with Gasteiger partial charge in [0.05, 0.1) is 19.3 Å². The number of fused-ring (bicyclic) bond motifs is 3. The first kappa shape index (κ1) is 21.8. The molecule has 1 atom stereocenters. The van der Waals surface area contributed by atoms with Crippen LogP contribution in [0.3, 0.4) is 0 Å². The largest absolute Gasteiger partial charge is 0.491 e. The Bertz CT molecular complexity index is 875. The second kappa shape index (κ2) is 10.8. The lowest BCUT2D eigenvalue weighted by Gasteiger charge is -2.24. The zero-order chi connectivity index (χ0) is 21.5. The number of ether oxygens (including phenoxy) is 3. The van der Waals surface area contributed by atoms with Crippen LogP contribution in [-0.2, 0) is 27.2 Å². The predicted molar refractivity (Wildman–Crippen MR) is 120 cm³/mol. The molecular formula is C26H33NO4. The second-order valence-corrected chi connectivity index (χ2v) is 8.56. The van der Waals surface area contributed by atoms with Crippen LogP contribution in [0.2, 0.25) is 0 Å². The van der Waals surface area contributed by atoms with Crippen molar-refractivity contribution in [2.45, 2.75) is 51.7 Å². The fourth-order valence-corrected chi connectivity index (χ4v) is 4.36. The molecule has 0 spiro atoms. The molecule has 2 aromatic carbocycles. The lowest BCUT2D eigenvalue weighted by Crippen LogP contribution is -2.34. The van der Waals surface area contributed by atoms with Crippen LogP contribution in [0.15, 0.2) is 42.5 Å². The molecule has 1 unspecified atom stereocenters. The molecule has 1 fully saturated rings. The van der Waals surface area contributed by atoms with Crippen LogP contribution < -0.4 is 4.74 Å². The van der Waals surface area contributed by atoms with Gasteiger partial charge in [-0.05, 0) is 48.9 Å². The molecule has 5 nitrogen and oxygen atoms in total. The van der Waals surface area contributed by atoms with Crippen LogP contribution in [0.4, 0.5) is 0 Å². The second-order valence-electron chi connectivity index (χ2n) is 8.56. The van der Waals surface area contributed by atoms with Gasteiger partial charge in [-0.15, -0.1) is 0 Å². The molecule has 2 aliphatic rings. The molecule has 2 aromatic rings. The molecule has 2 heterocycles. The third-order valence-corrected chi connectivity index (χ3v) is 6.02. The minimum Gasteiger partial charge on any atom is -0.491 e. The number of nitrogens with zero attached hydrogens (tertiary/aromatic N) is 1. The van der Waals surface area contributed by atoms with Gasteiger partial charge in [-0.3, -0.25) is 4.79 Å². The smallest absolute Gasteiger partial charge is 0.223 e. The van der Waals surface area contributed by atoms with Crippen molar-refractivity contribution in [1.82, 2.24) is 4.90 Å². The van der Waals surface area contributed by atoms with Crippen molar-refractivity contribution in [1.29, 1.82) is 0 Å². The molecule has 2 aliphatic heterocycles. The van der Waals surface area contributed by atoms with Gasteiger partial charge in [0.1, 0.15) is 12.4 Å². The Labute approximate surface area is 185 Å². The van der Waals surface area contributed by atoms with Crippen LogP contribution in [0.5, 0.6) is 5.75 Å². The van der Waals surface area contributed by atoms with E-state index in [0.717, 1.165) is 43.6 Å². The van der Waals surface area contributed by atoms with Crippen molar-refractivity contribution in [3.63, 3.8) is 0 Å². The van der Waals surface area contributed by atoms with Crippen LogP contribution in [0, 0.1) is 6.92 Å². The molecule has 0 N–H and O–H groups in total. The quantitative estimate of drug-likeness (QED) is 0.739. The Morgan fingerprint density at radius 1 is 1.06 bits per heavy atom. The number of hydrogen-bond donors (Lipinski definition) is 0. The topological polar surface area (TPSA) is 48.0 Å². The number of carbonyl (C=O) groups is 1. The lowest BCUT2D eigenvalue weighted by molar-refractivity contribution is -0.133. The Hall–Kier alpha value is -2.37. The number of amides is 1. The van der Waals surface area contributed by atoms with Crippen molar-refractivity contribution in [3.8, 4) is 5.75 Å². The zero-order valence-electron chi connectivity index (χ0n) is 18.5. The molecule has 4 rings (SSSR count). The molecule has 0 aromatic heterocycles. The average molecular weight is 424 g/mol. The Morgan fingerprint density at radius 2 is 1.97 bits per heavy atom. The van der Waals surface area contributed by atoms with Gasteiger partial charge in [0.15, 0.2) is 0 Å². The average Bonchev–Trinajstić information content (AvgIpc) is 3.28. The Kier molecular flexibility index (Phi) is 7.60. The zero-order valence-corrected chi connectivity index (χ0v) is 18.5. The summed E-state index contributed by atoms with van der Waals surface area (Å²) >= 11 is 0. The maximum Gasteiger partial charge on any atom is 0.223 e. The molecule has 0 saturated carbocycles. The van der Waals surface area contributed by atoms with E-state index in [1.165, 1.54) is 16.7 Å². The molecule has 31 heavy (non-hydrogen) atoms. The highest BCUT2D eigenvalue weighted by Crippen LogP contribution is 2.24. The molecule has 166 valence electrons. The van der Waals surface area contributed by atoms with Crippen molar-refractivity contribution < 1.29 is 19.0 Å². The third-order valence-electron chi connectivity index (χ3n) is 6.02. The van der Waals surface area contributed by atoms with E-state index in [4.69, 9.17) is 14.2 Å². The van der Waals surface area contributed by atoms with Gasteiger partial charge < -0.3 is 19.1 Å². The summed E-state index contributed by atoms with van der Waals surface area (Å²) in [5.74, 6) is 1.09. The third kappa shape index (κ3) is 6.31. The first-order chi connectivity index (χ1) is 15.2. The minimum absolute atomic E-state index is 0.175. The summed E-state index contributed by atoms with van der Waals surface area (Å²) in [6, 6.07) is 14.9. The predicted octanol–water partition coefficient (Wildman–Crippen LogP) is 4.28. The van der Waals surface area contributed by atoms with Gasteiger partial charge in [0.2, 0.25) is 5.91 Å². The van der Waals surface area contributed by atoms with E-state index in [0.29, 0.717) is 39.3 Å². The van der Waals surface area contributed by atoms with E-state index in [1.807, 2.05) is 4.90 Å². The fraction of sp³-hybridized carbons (Fsp3) is 0.500. The number of carbonyl (C=O) groups excluding carboxylic acids is 1. The maximum atomic E-state index is 13.0. The maximum absolute atomic E-state index is 13.0. The Balaban J connectivity index is 1.50. The summed E-state index contributed by atoms with van der Waals surface area (Å²) in [5, 5.41) is 0. The molecule has 2 bridgehead atoms. The molecule has 0 aliphatic carbocycles. The normalized spacial score (nSPS) is 19.9. The van der Waals surface area contributed by atoms with Gasteiger partial charge in [0, 0.05) is 32.5 Å². The van der Waals surface area contributed by atoms with Crippen molar-refractivity contribution in [3.05, 3.63) is 64.7 Å². The molecular weight excluding hydrogens is 390 g/mol. The van der Waals surface area contributed by atoms with Crippen LogP contribution in [0.1, 0.15) is 47.9 Å². The fourth-order valence-electron chi connectivity index (χ4n) is 4.36. The number of aryl methyl sites for hydroxylation is 1. The van der Waals surface area contributed by atoms with Crippen molar-refractivity contribution in [2.75, 3.05) is 33.0 Å². The van der Waals surface area contributed by atoms with Gasteiger partial charge in [0.25, 0.3) is 0 Å². The van der Waals surface area contributed by atoms with Gasteiger partial charge in [-0.2, -0.15) is 0 Å². The van der Waals surface area contributed by atoms with Crippen LogP contribution in [-0.4, -0.2) is 49.9 Å². The summed E-state index contributed by atoms with van der Waals surface area (Å²) in [6.07, 6.45) is 4.55. The summed E-state index contributed by atoms with van der Waals surface area (Å²) in [6.45, 7) is 5.65. The number of benzene rings is 2. The SMILES string of the molecule is Cc1ccc2c(c1)Cc1cccc(c1)CN(C(=O)CCC1CCCO1)CCOCCO2. The highest BCUT2D eigenvalue weighted by atomic mass is 16.5. The minimum atomic E-state index is 0.175. The van der Waals surface area contributed by atoms with Crippen molar-refractivity contribution >= 4 is 5.91 Å². The standard InChI is InChI=1S/C26H33NO4/c1-20-7-9-25-23(16-20)18-21-4-2-5-22(17-21)19-27(11-13-29-14-15-31-25)26(28)10-8-24-6-3-12-30-24/h2,4-5,7,9,16-17,24H,3,6,8,10-15,18-19H2,1H3. The van der Waals surface area contributed by atoms with Gasteiger partial charge in [-0.25, -0.2) is 0 Å². The molecule has 1 saturated heterocycles. The van der Waals surface area contributed by atoms with E-state index in [-0.39, 0.29) is 12.0 Å². The van der Waals surface area contributed by atoms with E-state index in [1.54, 1.807) is 0 Å². The highest BCUT2D eigenvalue weighted by molar-refractivity contribution is 5.76. The van der Waals surface area contributed by atoms with E-state index in [9.17, 15) is 4.79 Å². The monoisotopic (exact) mass is 423 g/mol. The first-order valence-corrected chi connectivity index (χ1v) is 11.4. The summed E-state index contributed by atoms with van der Waals surface area (Å²) in [5.41, 5.74) is 4.78. The first-order valence-electron chi connectivity index (χ1n) is 11.4. The van der Waals surface area contributed by atoms with Gasteiger partial charge in [-0.1, -0.05) is 42.0 Å².